The number of aliphatic hydroxyl groups is 1. The minimum absolute atomic E-state index is 0.0476. The molecule has 1 amide bonds. The van der Waals surface area contributed by atoms with Crippen LogP contribution in [0.3, 0.4) is 0 Å². The van der Waals surface area contributed by atoms with Gasteiger partial charge in [-0.25, -0.2) is 9.97 Å². The zero-order valence-electron chi connectivity index (χ0n) is 19.8. The average molecular weight is 493 g/mol. The van der Waals surface area contributed by atoms with Gasteiger partial charge in [-0.2, -0.15) is 5.10 Å². The van der Waals surface area contributed by atoms with Gasteiger partial charge >= 0.3 is 0 Å². The molecular weight excluding hydrogens is 464 g/mol. The average Bonchev–Trinajstić information content (AvgIpc) is 3.44. The number of aromatic amines is 1. The minimum atomic E-state index is -0.748. The van der Waals surface area contributed by atoms with Crippen LogP contribution in [0.25, 0.3) is 21.1 Å². The maximum atomic E-state index is 13.0. The Hall–Kier alpha value is -3.24. The number of nitrogens with zero attached hydrogens (tertiary/aromatic N) is 4. The zero-order valence-corrected chi connectivity index (χ0v) is 20.6. The van der Waals surface area contributed by atoms with Gasteiger partial charge in [0.05, 0.1) is 48.1 Å². The Morgan fingerprint density at radius 3 is 3.03 bits per heavy atom. The first-order valence-corrected chi connectivity index (χ1v) is 12.9. The summed E-state index contributed by atoms with van der Waals surface area (Å²) < 4.78 is 6.02. The van der Waals surface area contributed by atoms with Crippen LogP contribution in [0, 0.1) is 5.92 Å². The van der Waals surface area contributed by atoms with E-state index < -0.39 is 5.60 Å². The molecule has 1 atom stereocenters. The number of H-pyrrole nitrogens is 1. The summed E-state index contributed by atoms with van der Waals surface area (Å²) in [4.78, 5) is 26.0. The first-order chi connectivity index (χ1) is 16.9. The van der Waals surface area contributed by atoms with Gasteiger partial charge in [-0.15, -0.1) is 11.3 Å². The normalized spacial score (nSPS) is 18.9. The fourth-order valence-electron chi connectivity index (χ4n) is 5.13. The number of aryl methyl sites for hydroxylation is 1. The fourth-order valence-corrected chi connectivity index (χ4v) is 6.40. The number of rotatable bonds is 6. The van der Waals surface area contributed by atoms with Crippen LogP contribution < -0.4 is 10.1 Å². The number of thiophene rings is 1. The molecule has 3 aromatic heterocycles. The monoisotopic (exact) mass is 492 g/mol. The van der Waals surface area contributed by atoms with Crippen LogP contribution in [-0.4, -0.2) is 61.4 Å². The number of carbonyl (C=O) groups is 1. The number of β-amino-alcohol motifs (C(OH)–C–C–N with tert-alkyl or cyclic N) is 1. The Labute approximate surface area is 206 Å². The van der Waals surface area contributed by atoms with Crippen LogP contribution in [0.4, 0.5) is 11.5 Å². The molecule has 3 N–H and O–H groups in total. The number of nitrogens with one attached hydrogen (secondary N) is 2. The smallest absolute Gasteiger partial charge is 0.226 e. The number of benzene rings is 1. The molecule has 9 nitrogen and oxygen atoms in total. The standard InChI is InChI=1S/C25H28N6O3S/c1-3-6-34-19-9-17-15(10-28-30-17)7-18(19)29-22-21-16-5-4-14(24(32)31-11-25(2,33)12-31)8-20(16)35-23(21)27-13-26-22/h7,9-10,13-14,33H,3-6,8,11-12H2,1-2H3,(H,28,30)(H,26,27,29)/t14-/m0/s1. The van der Waals surface area contributed by atoms with Gasteiger partial charge in [-0.05, 0) is 44.2 Å². The summed E-state index contributed by atoms with van der Waals surface area (Å²) in [6.07, 6.45) is 6.58. The minimum Gasteiger partial charge on any atom is -0.491 e. The van der Waals surface area contributed by atoms with E-state index in [2.05, 4.69) is 32.4 Å². The van der Waals surface area contributed by atoms with E-state index in [0.717, 1.165) is 57.6 Å². The number of aromatic nitrogens is 4. The van der Waals surface area contributed by atoms with E-state index in [1.165, 1.54) is 10.4 Å². The number of hydrogen-bond donors (Lipinski definition) is 3. The van der Waals surface area contributed by atoms with Crippen LogP contribution in [-0.2, 0) is 17.6 Å². The molecule has 1 saturated heterocycles. The molecule has 1 aliphatic heterocycles. The second-order valence-electron chi connectivity index (χ2n) is 9.82. The Balaban J connectivity index is 1.31. The summed E-state index contributed by atoms with van der Waals surface area (Å²) in [6, 6.07) is 3.98. The highest BCUT2D eigenvalue weighted by molar-refractivity contribution is 7.19. The fraction of sp³-hybridized carbons (Fsp3) is 0.440. The third-order valence-electron chi connectivity index (χ3n) is 6.82. The van der Waals surface area contributed by atoms with Crippen molar-refractivity contribution in [1.29, 1.82) is 0 Å². The van der Waals surface area contributed by atoms with Gasteiger partial charge in [0, 0.05) is 22.2 Å². The van der Waals surface area contributed by atoms with Crippen molar-refractivity contribution in [2.24, 2.45) is 5.92 Å². The van der Waals surface area contributed by atoms with Gasteiger partial charge in [-0.3, -0.25) is 9.89 Å². The Morgan fingerprint density at radius 1 is 1.37 bits per heavy atom. The number of amides is 1. The van der Waals surface area contributed by atoms with Crippen molar-refractivity contribution >= 4 is 49.9 Å². The topological polar surface area (TPSA) is 116 Å². The number of carbonyl (C=O) groups excluding carboxylic acids is 1. The molecule has 2 aliphatic rings. The van der Waals surface area contributed by atoms with Crippen molar-refractivity contribution in [3.8, 4) is 5.75 Å². The van der Waals surface area contributed by atoms with Crippen molar-refractivity contribution in [1.82, 2.24) is 25.1 Å². The second-order valence-corrected chi connectivity index (χ2v) is 10.9. The molecule has 1 aromatic carbocycles. The van der Waals surface area contributed by atoms with Crippen LogP contribution in [0.1, 0.15) is 37.1 Å². The van der Waals surface area contributed by atoms with Gasteiger partial charge in [-0.1, -0.05) is 6.92 Å². The second kappa shape index (κ2) is 8.46. The molecule has 0 bridgehead atoms. The van der Waals surface area contributed by atoms with Gasteiger partial charge < -0.3 is 20.1 Å². The number of likely N-dealkylation sites (tertiary alicyclic amines) is 1. The van der Waals surface area contributed by atoms with Gasteiger partial charge in [0.2, 0.25) is 5.91 Å². The first kappa shape index (κ1) is 22.2. The van der Waals surface area contributed by atoms with E-state index in [-0.39, 0.29) is 11.8 Å². The molecule has 35 heavy (non-hydrogen) atoms. The van der Waals surface area contributed by atoms with E-state index in [9.17, 15) is 9.90 Å². The summed E-state index contributed by atoms with van der Waals surface area (Å²) in [6.45, 7) is 5.31. The van der Waals surface area contributed by atoms with Crippen molar-refractivity contribution in [2.75, 3.05) is 25.0 Å². The van der Waals surface area contributed by atoms with Crippen LogP contribution >= 0.6 is 11.3 Å². The molecule has 4 aromatic rings. The summed E-state index contributed by atoms with van der Waals surface area (Å²) in [5.41, 5.74) is 2.23. The maximum absolute atomic E-state index is 13.0. The molecule has 0 unspecified atom stereocenters. The summed E-state index contributed by atoms with van der Waals surface area (Å²) in [7, 11) is 0. The van der Waals surface area contributed by atoms with E-state index in [1.807, 2.05) is 12.1 Å². The molecule has 0 spiro atoms. The molecule has 6 rings (SSSR count). The number of fused-ring (bicyclic) bond motifs is 4. The third-order valence-corrected chi connectivity index (χ3v) is 7.99. The first-order valence-electron chi connectivity index (χ1n) is 12.1. The number of anilines is 2. The summed E-state index contributed by atoms with van der Waals surface area (Å²) >= 11 is 1.65. The van der Waals surface area contributed by atoms with Crippen molar-refractivity contribution in [3.05, 3.63) is 35.1 Å². The van der Waals surface area contributed by atoms with E-state index in [1.54, 1.807) is 35.7 Å². The van der Waals surface area contributed by atoms with Crippen molar-refractivity contribution in [2.45, 2.75) is 45.1 Å². The molecule has 0 saturated carbocycles. The number of ether oxygens (including phenoxy) is 1. The van der Waals surface area contributed by atoms with Crippen molar-refractivity contribution < 1.29 is 14.6 Å². The lowest BCUT2D eigenvalue weighted by molar-refractivity contribution is -0.156. The highest BCUT2D eigenvalue weighted by atomic mass is 32.1. The predicted molar refractivity (Wildman–Crippen MR) is 135 cm³/mol. The van der Waals surface area contributed by atoms with Crippen LogP contribution in [0.5, 0.6) is 5.75 Å². The Kier molecular flexibility index (Phi) is 5.37. The van der Waals surface area contributed by atoms with Gasteiger partial charge in [0.15, 0.2) is 0 Å². The third kappa shape index (κ3) is 4.00. The lowest BCUT2D eigenvalue weighted by Gasteiger charge is -2.45. The molecule has 10 heteroatoms. The number of hydrogen-bond acceptors (Lipinski definition) is 8. The summed E-state index contributed by atoms with van der Waals surface area (Å²) in [5, 5.41) is 22.7. The van der Waals surface area contributed by atoms with E-state index >= 15 is 0 Å². The molecule has 4 heterocycles. The van der Waals surface area contributed by atoms with Crippen LogP contribution in [0.2, 0.25) is 0 Å². The van der Waals surface area contributed by atoms with Gasteiger partial charge in [0.1, 0.15) is 22.7 Å². The zero-order chi connectivity index (χ0) is 24.2. The maximum Gasteiger partial charge on any atom is 0.226 e. The lowest BCUT2D eigenvalue weighted by atomic mass is 9.85. The Bertz CT molecular complexity index is 1420. The molecular formula is C25H28N6O3S. The van der Waals surface area contributed by atoms with Crippen molar-refractivity contribution in [3.63, 3.8) is 0 Å². The molecule has 1 fully saturated rings. The highest BCUT2D eigenvalue weighted by Gasteiger charge is 2.42. The Morgan fingerprint density at radius 2 is 2.23 bits per heavy atom. The van der Waals surface area contributed by atoms with Gasteiger partial charge in [0.25, 0.3) is 0 Å². The highest BCUT2D eigenvalue weighted by Crippen LogP contribution is 2.42. The predicted octanol–water partition coefficient (Wildman–Crippen LogP) is 3.80. The van der Waals surface area contributed by atoms with E-state index in [4.69, 9.17) is 4.74 Å². The lowest BCUT2D eigenvalue weighted by Crippen LogP contribution is -2.63. The van der Waals surface area contributed by atoms with Crippen LogP contribution in [0.15, 0.2) is 24.7 Å². The largest absolute Gasteiger partial charge is 0.491 e. The molecule has 1 aliphatic carbocycles. The summed E-state index contributed by atoms with van der Waals surface area (Å²) in [5.74, 6) is 1.60. The quantitative estimate of drug-likeness (QED) is 0.375. The SMILES string of the molecule is CCCOc1cc2[nH]ncc2cc1Nc1ncnc2sc3c(c12)CC[C@H](C(=O)N1CC(C)(O)C1)C3. The molecule has 182 valence electrons. The molecule has 0 radical (unpaired) electrons. The van der Waals surface area contributed by atoms with E-state index in [0.29, 0.717) is 26.1 Å².